The highest BCUT2D eigenvalue weighted by Gasteiger charge is 2.74. The molecular formula is C18H23F9N2O5. The van der Waals surface area contributed by atoms with Crippen molar-refractivity contribution in [1.82, 2.24) is 10.6 Å². The van der Waals surface area contributed by atoms with Crippen LogP contribution in [-0.2, 0) is 9.53 Å². The van der Waals surface area contributed by atoms with E-state index < -0.39 is 85.5 Å². The van der Waals surface area contributed by atoms with Crippen molar-refractivity contribution < 1.29 is 64.1 Å². The van der Waals surface area contributed by atoms with Crippen LogP contribution < -0.4 is 10.6 Å². The van der Waals surface area contributed by atoms with Crippen molar-refractivity contribution in [3.8, 4) is 0 Å². The molecule has 0 aromatic heterocycles. The molecule has 0 bridgehead atoms. The zero-order valence-corrected chi connectivity index (χ0v) is 17.6. The Balaban J connectivity index is 3.17. The number of carbonyl (C=O) groups is 2. The third kappa shape index (κ3) is 6.46. The highest BCUT2D eigenvalue weighted by molar-refractivity contribution is 5.81. The maximum absolute atomic E-state index is 13.3. The Labute approximate surface area is 187 Å². The Morgan fingerprint density at radius 3 is 1.88 bits per heavy atom. The van der Waals surface area contributed by atoms with E-state index >= 15 is 0 Å². The highest BCUT2D eigenvalue weighted by atomic mass is 19.4. The van der Waals surface area contributed by atoms with Gasteiger partial charge in [0, 0.05) is 18.0 Å². The number of amides is 2. The Hall–Kier alpha value is -2.23. The van der Waals surface area contributed by atoms with Gasteiger partial charge in [0.25, 0.3) is 5.60 Å². The number of ether oxygens (including phenoxy) is 1. The van der Waals surface area contributed by atoms with Crippen molar-refractivity contribution in [2.75, 3.05) is 13.2 Å². The summed E-state index contributed by atoms with van der Waals surface area (Å²) in [5.74, 6) is -5.96. The lowest BCUT2D eigenvalue weighted by molar-refractivity contribution is -0.390. The second kappa shape index (κ2) is 10.2. The molecule has 4 N–H and O–H groups in total. The number of hydrogen-bond donors (Lipinski definition) is 4. The van der Waals surface area contributed by atoms with Crippen LogP contribution in [0.2, 0.25) is 0 Å². The van der Waals surface area contributed by atoms with E-state index in [4.69, 9.17) is 0 Å². The third-order valence-corrected chi connectivity index (χ3v) is 5.66. The molecule has 198 valence electrons. The number of rotatable bonds is 7. The van der Waals surface area contributed by atoms with E-state index in [-0.39, 0.29) is 13.5 Å². The predicted octanol–water partition coefficient (Wildman–Crippen LogP) is 2.97. The van der Waals surface area contributed by atoms with Gasteiger partial charge in [0.15, 0.2) is 5.60 Å². The molecule has 16 heteroatoms. The maximum atomic E-state index is 13.3. The first kappa shape index (κ1) is 29.8. The van der Waals surface area contributed by atoms with Crippen LogP contribution >= 0.6 is 0 Å². The third-order valence-electron chi connectivity index (χ3n) is 5.66. The Morgan fingerprint density at radius 1 is 0.941 bits per heavy atom. The average molecular weight is 518 g/mol. The van der Waals surface area contributed by atoms with Gasteiger partial charge in [-0.15, -0.1) is 0 Å². The lowest BCUT2D eigenvalue weighted by atomic mass is 9.65. The SMILES string of the molecule is C=CC(=O)OCCNC(=O)NC1CC(C(C)(O)C(F)(F)F)CC(C(O)(C(F)(F)F)C(F)(F)F)C1. The van der Waals surface area contributed by atoms with E-state index in [1.165, 1.54) is 0 Å². The summed E-state index contributed by atoms with van der Waals surface area (Å²) in [7, 11) is 0. The summed E-state index contributed by atoms with van der Waals surface area (Å²) in [6, 6.07) is -2.92. The first-order chi connectivity index (χ1) is 15.2. The fourth-order valence-electron chi connectivity index (χ4n) is 3.70. The molecule has 4 atom stereocenters. The lowest BCUT2D eigenvalue weighted by Crippen LogP contribution is -2.65. The summed E-state index contributed by atoms with van der Waals surface area (Å²) < 4.78 is 124. The standard InChI is InChI=1S/C18H23F9N2O5/c1-3-12(30)34-5-4-28-13(31)29-11-7-9(14(2,32)16(19,20)21)6-10(8-11)15(33,17(22,23)24)18(25,26)27/h3,9-11,32-33H,1,4-8H2,2H3,(H2,28,29,31). The summed E-state index contributed by atoms with van der Waals surface area (Å²) in [6.45, 7) is 2.54. The van der Waals surface area contributed by atoms with Crippen LogP contribution in [0.4, 0.5) is 44.3 Å². The van der Waals surface area contributed by atoms with Crippen molar-refractivity contribution in [1.29, 1.82) is 0 Å². The van der Waals surface area contributed by atoms with Crippen molar-refractivity contribution in [3.05, 3.63) is 12.7 Å². The summed E-state index contributed by atoms with van der Waals surface area (Å²) in [5, 5.41) is 23.6. The molecule has 0 aromatic rings. The second-order valence-corrected chi connectivity index (χ2v) is 7.98. The minimum absolute atomic E-state index is 0.186. The van der Waals surface area contributed by atoms with E-state index in [9.17, 15) is 59.3 Å². The molecule has 1 saturated carbocycles. The number of carbonyl (C=O) groups excluding carboxylic acids is 2. The smallest absolute Gasteiger partial charge is 0.426 e. The Bertz CT molecular complexity index is 736. The van der Waals surface area contributed by atoms with Crippen molar-refractivity contribution in [2.45, 2.75) is 62.0 Å². The van der Waals surface area contributed by atoms with Crippen molar-refractivity contribution in [2.24, 2.45) is 11.8 Å². The number of urea groups is 1. The van der Waals surface area contributed by atoms with Crippen molar-refractivity contribution in [3.63, 3.8) is 0 Å². The molecule has 7 nitrogen and oxygen atoms in total. The Morgan fingerprint density at radius 2 is 1.44 bits per heavy atom. The summed E-state index contributed by atoms with van der Waals surface area (Å²) in [6.07, 6.45) is -20.8. The van der Waals surface area contributed by atoms with Gasteiger partial charge in [0.05, 0.1) is 6.54 Å². The molecule has 2 amide bonds. The van der Waals surface area contributed by atoms with Gasteiger partial charge in [-0.2, -0.15) is 39.5 Å². The molecule has 34 heavy (non-hydrogen) atoms. The van der Waals surface area contributed by atoms with Crippen LogP contribution in [0.15, 0.2) is 12.7 Å². The van der Waals surface area contributed by atoms with Crippen molar-refractivity contribution >= 4 is 12.0 Å². The van der Waals surface area contributed by atoms with E-state index in [0.29, 0.717) is 0 Å². The monoisotopic (exact) mass is 518 g/mol. The molecule has 1 fully saturated rings. The molecule has 1 aliphatic rings. The number of alkyl halides is 9. The van der Waals surface area contributed by atoms with Gasteiger partial charge in [-0.25, -0.2) is 9.59 Å². The summed E-state index contributed by atoms with van der Waals surface area (Å²) in [4.78, 5) is 22.8. The van der Waals surface area contributed by atoms with Gasteiger partial charge >= 0.3 is 30.5 Å². The molecular weight excluding hydrogens is 495 g/mol. The van der Waals surface area contributed by atoms with Crippen LogP contribution in [0.3, 0.4) is 0 Å². The minimum atomic E-state index is -6.32. The average Bonchev–Trinajstić information content (AvgIpc) is 2.67. The van der Waals surface area contributed by atoms with E-state index in [2.05, 4.69) is 16.6 Å². The zero-order chi connectivity index (χ0) is 26.8. The largest absolute Gasteiger partial charge is 0.461 e. The number of nitrogens with one attached hydrogen (secondary N) is 2. The molecule has 0 radical (unpaired) electrons. The molecule has 1 aliphatic carbocycles. The minimum Gasteiger partial charge on any atom is -0.461 e. The quantitative estimate of drug-likeness (QED) is 0.180. The van der Waals surface area contributed by atoms with E-state index in [1.807, 2.05) is 5.32 Å². The van der Waals surface area contributed by atoms with Gasteiger partial charge in [0.1, 0.15) is 6.61 Å². The fraction of sp³-hybridized carbons (Fsp3) is 0.778. The second-order valence-electron chi connectivity index (χ2n) is 7.98. The predicted molar refractivity (Wildman–Crippen MR) is 96.0 cm³/mol. The van der Waals surface area contributed by atoms with Gasteiger partial charge in [-0.3, -0.25) is 0 Å². The number of aliphatic hydroxyl groups is 2. The molecule has 0 heterocycles. The lowest BCUT2D eigenvalue weighted by Gasteiger charge is -2.47. The van der Waals surface area contributed by atoms with Crippen LogP contribution in [0.5, 0.6) is 0 Å². The molecule has 0 aliphatic heterocycles. The number of hydrogen-bond acceptors (Lipinski definition) is 5. The number of esters is 1. The first-order valence-corrected chi connectivity index (χ1v) is 9.67. The summed E-state index contributed by atoms with van der Waals surface area (Å²) in [5.41, 5.74) is -9.12. The van der Waals surface area contributed by atoms with Crippen LogP contribution in [0.1, 0.15) is 26.2 Å². The van der Waals surface area contributed by atoms with E-state index in [0.717, 1.165) is 6.08 Å². The van der Waals surface area contributed by atoms with E-state index in [1.54, 1.807) is 0 Å². The molecule has 0 spiro atoms. The van der Waals surface area contributed by atoms with Gasteiger partial charge < -0.3 is 25.6 Å². The zero-order valence-electron chi connectivity index (χ0n) is 17.6. The number of halogens is 9. The van der Waals surface area contributed by atoms with Gasteiger partial charge in [-0.1, -0.05) is 6.58 Å². The molecule has 0 saturated heterocycles. The van der Waals surface area contributed by atoms with Crippen LogP contribution in [0, 0.1) is 11.8 Å². The van der Waals surface area contributed by atoms with Crippen LogP contribution in [0.25, 0.3) is 0 Å². The molecule has 4 unspecified atom stereocenters. The maximum Gasteiger partial charge on any atom is 0.426 e. The molecule has 1 rings (SSSR count). The van der Waals surface area contributed by atoms with Crippen LogP contribution in [-0.4, -0.2) is 71.1 Å². The Kier molecular flexibility index (Phi) is 8.92. The topological polar surface area (TPSA) is 108 Å². The van der Waals surface area contributed by atoms with Gasteiger partial charge in [-0.05, 0) is 32.1 Å². The summed E-state index contributed by atoms with van der Waals surface area (Å²) >= 11 is 0. The highest BCUT2D eigenvalue weighted by Crippen LogP contribution is 2.54. The fourth-order valence-corrected chi connectivity index (χ4v) is 3.70. The first-order valence-electron chi connectivity index (χ1n) is 9.67. The molecule has 0 aromatic carbocycles. The normalized spacial score (nSPS) is 24.1. The van der Waals surface area contributed by atoms with Gasteiger partial charge in [0.2, 0.25) is 0 Å².